The van der Waals surface area contributed by atoms with Gasteiger partial charge in [0.2, 0.25) is 0 Å². The third kappa shape index (κ3) is 3.99. The van der Waals surface area contributed by atoms with E-state index in [0.29, 0.717) is 11.9 Å². The van der Waals surface area contributed by atoms with E-state index in [-0.39, 0.29) is 6.03 Å². The third-order valence-electron chi connectivity index (χ3n) is 4.53. The first-order chi connectivity index (χ1) is 12.3. The zero-order valence-electron chi connectivity index (χ0n) is 14.1. The van der Waals surface area contributed by atoms with Gasteiger partial charge in [-0.1, -0.05) is 18.2 Å². The molecule has 1 saturated heterocycles. The number of benzene rings is 1. The average Bonchev–Trinajstić information content (AvgIpc) is 3.47. The predicted octanol–water partition coefficient (Wildman–Crippen LogP) is 2.09. The highest BCUT2D eigenvalue weighted by atomic mass is 16.2. The lowest BCUT2D eigenvalue weighted by atomic mass is 10.2. The Kier molecular flexibility index (Phi) is 4.37. The Labute approximate surface area is 147 Å². The van der Waals surface area contributed by atoms with Crippen LogP contribution in [0.15, 0.2) is 42.5 Å². The normalized spacial score (nSPS) is 17.3. The molecule has 0 atom stereocenters. The van der Waals surface area contributed by atoms with E-state index in [4.69, 9.17) is 0 Å². The Balaban J connectivity index is 1.31. The number of aromatic nitrogens is 2. The maximum Gasteiger partial charge on any atom is 0.320 e. The van der Waals surface area contributed by atoms with E-state index in [0.717, 1.165) is 44.8 Å². The summed E-state index contributed by atoms with van der Waals surface area (Å²) in [4.78, 5) is 16.3. The molecule has 1 saturated carbocycles. The van der Waals surface area contributed by atoms with Crippen LogP contribution in [0.5, 0.6) is 0 Å². The molecule has 1 aromatic carbocycles. The summed E-state index contributed by atoms with van der Waals surface area (Å²) in [6.45, 7) is 3.71. The lowest BCUT2D eigenvalue weighted by molar-refractivity contribution is 0.251. The van der Waals surface area contributed by atoms with Crippen molar-refractivity contribution in [1.29, 1.82) is 0 Å². The minimum Gasteiger partial charge on any atom is -0.368 e. The van der Waals surface area contributed by atoms with Gasteiger partial charge in [-0.05, 0) is 37.1 Å². The average molecular weight is 338 g/mol. The lowest BCUT2D eigenvalue weighted by Crippen LogP contribution is -2.46. The number of anilines is 3. The Hall–Kier alpha value is -2.83. The van der Waals surface area contributed by atoms with Gasteiger partial charge in [0, 0.05) is 37.9 Å². The second-order valence-corrected chi connectivity index (χ2v) is 6.46. The molecule has 2 heterocycles. The molecule has 1 aromatic heterocycles. The van der Waals surface area contributed by atoms with Gasteiger partial charge in [0.1, 0.15) is 0 Å². The molecule has 2 aliphatic rings. The van der Waals surface area contributed by atoms with Crippen LogP contribution in [0.4, 0.5) is 22.1 Å². The fourth-order valence-electron chi connectivity index (χ4n) is 2.96. The molecule has 0 unspecified atom stereocenters. The largest absolute Gasteiger partial charge is 0.368 e. The Morgan fingerprint density at radius 2 is 1.64 bits per heavy atom. The van der Waals surface area contributed by atoms with Crippen LogP contribution in [0, 0.1) is 0 Å². The molecule has 2 amide bonds. The number of carbonyl (C=O) groups is 1. The summed E-state index contributed by atoms with van der Waals surface area (Å²) in [5.41, 5.74) is 1.26. The summed E-state index contributed by atoms with van der Waals surface area (Å²) in [5, 5.41) is 14.0. The topological polar surface area (TPSA) is 73.4 Å². The molecule has 2 aromatic rings. The minimum absolute atomic E-state index is 0.207. The fraction of sp³-hybridized carbons (Fsp3) is 0.389. The van der Waals surface area contributed by atoms with Crippen molar-refractivity contribution in [2.24, 2.45) is 0 Å². The molecule has 25 heavy (non-hydrogen) atoms. The van der Waals surface area contributed by atoms with Gasteiger partial charge in [-0.3, -0.25) is 5.32 Å². The SMILES string of the molecule is O=C(Nc1ccc(N2CCN(c3ccccc3)CC2)nn1)NC1CC1. The van der Waals surface area contributed by atoms with Crippen molar-refractivity contribution in [3.8, 4) is 0 Å². The molecule has 2 N–H and O–H groups in total. The van der Waals surface area contributed by atoms with Crippen LogP contribution in [-0.4, -0.2) is 48.4 Å². The van der Waals surface area contributed by atoms with E-state index in [2.05, 4.69) is 54.9 Å². The van der Waals surface area contributed by atoms with Gasteiger partial charge in [0.15, 0.2) is 11.6 Å². The van der Waals surface area contributed by atoms with Crippen LogP contribution in [0.1, 0.15) is 12.8 Å². The Morgan fingerprint density at radius 3 is 2.28 bits per heavy atom. The predicted molar refractivity (Wildman–Crippen MR) is 98.1 cm³/mol. The van der Waals surface area contributed by atoms with Gasteiger partial charge in [0.05, 0.1) is 0 Å². The molecule has 0 radical (unpaired) electrons. The summed E-state index contributed by atoms with van der Waals surface area (Å²) in [6, 6.07) is 14.3. The van der Waals surface area contributed by atoms with Crippen molar-refractivity contribution in [2.45, 2.75) is 18.9 Å². The van der Waals surface area contributed by atoms with Crippen molar-refractivity contribution in [3.63, 3.8) is 0 Å². The van der Waals surface area contributed by atoms with E-state index in [9.17, 15) is 4.79 Å². The molecule has 7 heteroatoms. The number of nitrogens with zero attached hydrogens (tertiary/aromatic N) is 4. The molecule has 7 nitrogen and oxygen atoms in total. The van der Waals surface area contributed by atoms with Gasteiger partial charge in [0.25, 0.3) is 0 Å². The Morgan fingerprint density at radius 1 is 0.920 bits per heavy atom. The van der Waals surface area contributed by atoms with E-state index < -0.39 is 0 Å². The second-order valence-electron chi connectivity index (χ2n) is 6.46. The first-order valence-electron chi connectivity index (χ1n) is 8.74. The standard InChI is InChI=1S/C18H22N6O/c25-18(19-14-6-7-14)20-16-8-9-17(22-21-16)24-12-10-23(11-13-24)15-4-2-1-3-5-15/h1-5,8-9,14H,6-7,10-13H2,(H2,19,20,21,25). The van der Waals surface area contributed by atoms with Crippen LogP contribution in [0.2, 0.25) is 0 Å². The highest BCUT2D eigenvalue weighted by Gasteiger charge is 2.23. The van der Waals surface area contributed by atoms with E-state index in [1.54, 1.807) is 6.07 Å². The monoisotopic (exact) mass is 338 g/mol. The van der Waals surface area contributed by atoms with Gasteiger partial charge < -0.3 is 15.1 Å². The first-order valence-corrected chi connectivity index (χ1v) is 8.74. The highest BCUT2D eigenvalue weighted by Crippen LogP contribution is 2.20. The van der Waals surface area contributed by atoms with Gasteiger partial charge >= 0.3 is 6.03 Å². The molecule has 1 aliphatic carbocycles. The van der Waals surface area contributed by atoms with Crippen molar-refractivity contribution in [2.75, 3.05) is 41.3 Å². The van der Waals surface area contributed by atoms with E-state index in [1.165, 1.54) is 5.69 Å². The number of hydrogen-bond donors (Lipinski definition) is 2. The molecule has 2 fully saturated rings. The van der Waals surface area contributed by atoms with Crippen molar-refractivity contribution in [1.82, 2.24) is 15.5 Å². The molecule has 130 valence electrons. The molecular formula is C18H22N6O. The van der Waals surface area contributed by atoms with E-state index >= 15 is 0 Å². The fourth-order valence-corrected chi connectivity index (χ4v) is 2.96. The van der Waals surface area contributed by atoms with Gasteiger partial charge in [-0.25, -0.2) is 4.79 Å². The quantitative estimate of drug-likeness (QED) is 0.893. The van der Waals surface area contributed by atoms with Gasteiger partial charge in [-0.15, -0.1) is 10.2 Å². The summed E-state index contributed by atoms with van der Waals surface area (Å²) in [7, 11) is 0. The summed E-state index contributed by atoms with van der Waals surface area (Å²) in [6.07, 6.45) is 2.12. The van der Waals surface area contributed by atoms with Crippen molar-refractivity contribution >= 4 is 23.4 Å². The van der Waals surface area contributed by atoms with Crippen molar-refractivity contribution in [3.05, 3.63) is 42.5 Å². The number of urea groups is 1. The number of hydrogen-bond acceptors (Lipinski definition) is 5. The van der Waals surface area contributed by atoms with Gasteiger partial charge in [-0.2, -0.15) is 0 Å². The molecular weight excluding hydrogens is 316 g/mol. The smallest absolute Gasteiger partial charge is 0.320 e. The number of carbonyl (C=O) groups excluding carboxylic acids is 1. The maximum absolute atomic E-state index is 11.7. The maximum atomic E-state index is 11.7. The van der Waals surface area contributed by atoms with Crippen LogP contribution in [0.3, 0.4) is 0 Å². The number of nitrogens with one attached hydrogen (secondary N) is 2. The molecule has 1 aliphatic heterocycles. The number of piperazine rings is 1. The van der Waals surface area contributed by atoms with Crippen LogP contribution >= 0.6 is 0 Å². The van der Waals surface area contributed by atoms with Crippen LogP contribution in [0.25, 0.3) is 0 Å². The molecule has 0 bridgehead atoms. The minimum atomic E-state index is -0.207. The summed E-state index contributed by atoms with van der Waals surface area (Å²) < 4.78 is 0. The number of rotatable bonds is 4. The second kappa shape index (κ2) is 6.96. The third-order valence-corrected chi connectivity index (χ3v) is 4.53. The number of amides is 2. The molecule has 4 rings (SSSR count). The summed E-state index contributed by atoms with van der Waals surface area (Å²) >= 11 is 0. The Bertz CT molecular complexity index is 708. The van der Waals surface area contributed by atoms with E-state index in [1.807, 2.05) is 12.1 Å². The zero-order valence-corrected chi connectivity index (χ0v) is 14.1. The summed E-state index contributed by atoms with van der Waals surface area (Å²) in [5.74, 6) is 1.32. The first kappa shape index (κ1) is 15.7. The van der Waals surface area contributed by atoms with Crippen molar-refractivity contribution < 1.29 is 4.79 Å². The highest BCUT2D eigenvalue weighted by molar-refractivity contribution is 5.88. The zero-order chi connectivity index (χ0) is 17.1. The van der Waals surface area contributed by atoms with Crippen LogP contribution in [-0.2, 0) is 0 Å². The number of para-hydroxylation sites is 1. The van der Waals surface area contributed by atoms with Crippen LogP contribution < -0.4 is 20.4 Å². The molecule has 0 spiro atoms. The lowest BCUT2D eigenvalue weighted by Gasteiger charge is -2.36.